The number of hydrogen-bond acceptors (Lipinski definition) is 5. The van der Waals surface area contributed by atoms with Crippen LogP contribution in [0.1, 0.15) is 25.8 Å². The molecule has 1 aliphatic rings. The van der Waals surface area contributed by atoms with Crippen molar-refractivity contribution in [3.05, 3.63) is 64.8 Å². The fourth-order valence-electron chi connectivity index (χ4n) is 2.82. The normalized spacial score (nSPS) is 15.7. The molecule has 0 radical (unpaired) electrons. The van der Waals surface area contributed by atoms with Gasteiger partial charge in [0, 0.05) is 11.1 Å². The van der Waals surface area contributed by atoms with E-state index in [1.807, 2.05) is 38.1 Å². The van der Waals surface area contributed by atoms with Crippen LogP contribution < -0.4 is 15.0 Å². The van der Waals surface area contributed by atoms with Crippen molar-refractivity contribution in [2.45, 2.75) is 26.3 Å². The SMILES string of the molecule is CC[C@@H](C)NC(=O)CSC1=N/C(=C/c2ccc(OC)cc2)C(=O)N1c1ccc(Cl)cc1. The van der Waals surface area contributed by atoms with E-state index in [1.54, 1.807) is 37.5 Å². The maximum Gasteiger partial charge on any atom is 0.283 e. The number of benzene rings is 2. The quantitative estimate of drug-likeness (QED) is 0.609. The van der Waals surface area contributed by atoms with E-state index in [2.05, 4.69) is 10.3 Å². The van der Waals surface area contributed by atoms with Crippen LogP contribution in [0.4, 0.5) is 5.69 Å². The first-order valence-electron chi connectivity index (χ1n) is 9.88. The van der Waals surface area contributed by atoms with E-state index in [4.69, 9.17) is 16.3 Å². The third-order valence-electron chi connectivity index (χ3n) is 4.69. The molecule has 8 heteroatoms. The highest BCUT2D eigenvalue weighted by atomic mass is 35.5. The summed E-state index contributed by atoms with van der Waals surface area (Å²) >= 11 is 7.23. The smallest absolute Gasteiger partial charge is 0.283 e. The number of amidine groups is 1. The molecular weight excluding hydrogens is 434 g/mol. The second-order valence-corrected chi connectivity index (χ2v) is 8.36. The van der Waals surface area contributed by atoms with Crippen LogP contribution in [-0.2, 0) is 9.59 Å². The summed E-state index contributed by atoms with van der Waals surface area (Å²) in [7, 11) is 1.60. The van der Waals surface area contributed by atoms with Crippen LogP contribution in [-0.4, -0.2) is 35.9 Å². The molecule has 1 aliphatic heterocycles. The zero-order valence-electron chi connectivity index (χ0n) is 17.6. The minimum atomic E-state index is -0.261. The summed E-state index contributed by atoms with van der Waals surface area (Å²) in [6.45, 7) is 3.96. The standard InChI is InChI=1S/C23H24ClN3O3S/c1-4-15(2)25-21(28)14-31-23-26-20(13-16-5-11-19(30-3)12-6-16)22(29)27(23)18-9-7-17(24)8-10-18/h5-13,15H,4,14H2,1-3H3,(H,25,28)/b20-13+/t15-/m1/s1. The minimum absolute atomic E-state index is 0.0955. The molecule has 31 heavy (non-hydrogen) atoms. The molecule has 1 N–H and O–H groups in total. The second kappa shape index (κ2) is 10.5. The molecule has 0 saturated carbocycles. The first-order valence-corrected chi connectivity index (χ1v) is 11.2. The molecule has 0 bridgehead atoms. The van der Waals surface area contributed by atoms with Crippen LogP contribution in [0.15, 0.2) is 59.2 Å². The number of carbonyl (C=O) groups excluding carboxylic acids is 2. The molecule has 0 fully saturated rings. The van der Waals surface area contributed by atoms with Crippen LogP contribution in [0, 0.1) is 0 Å². The Balaban J connectivity index is 1.86. The fraction of sp³-hybridized carbons (Fsp3) is 0.261. The van der Waals surface area contributed by atoms with Gasteiger partial charge in [-0.1, -0.05) is 42.4 Å². The molecule has 3 rings (SSSR count). The number of nitrogens with one attached hydrogen (secondary N) is 1. The number of methoxy groups -OCH3 is 1. The van der Waals surface area contributed by atoms with Crippen molar-refractivity contribution >= 4 is 52.1 Å². The minimum Gasteiger partial charge on any atom is -0.497 e. The van der Waals surface area contributed by atoms with Crippen LogP contribution >= 0.6 is 23.4 Å². The number of nitrogens with zero attached hydrogens (tertiary/aromatic N) is 2. The van der Waals surface area contributed by atoms with Crippen molar-refractivity contribution < 1.29 is 14.3 Å². The topological polar surface area (TPSA) is 71.0 Å². The monoisotopic (exact) mass is 457 g/mol. The summed E-state index contributed by atoms with van der Waals surface area (Å²) in [4.78, 5) is 31.4. The number of hydrogen-bond donors (Lipinski definition) is 1. The number of anilines is 1. The first kappa shape index (κ1) is 22.9. The lowest BCUT2D eigenvalue weighted by Crippen LogP contribution is -2.35. The van der Waals surface area contributed by atoms with Gasteiger partial charge in [0.1, 0.15) is 11.4 Å². The van der Waals surface area contributed by atoms with Crippen molar-refractivity contribution in [2.75, 3.05) is 17.8 Å². The van der Waals surface area contributed by atoms with Crippen LogP contribution in [0.3, 0.4) is 0 Å². The van der Waals surface area contributed by atoms with Gasteiger partial charge in [0.15, 0.2) is 5.17 Å². The number of carbonyl (C=O) groups is 2. The Morgan fingerprint density at radius 2 is 1.90 bits per heavy atom. The van der Waals surface area contributed by atoms with E-state index in [0.29, 0.717) is 21.6 Å². The number of ether oxygens (including phenoxy) is 1. The van der Waals surface area contributed by atoms with E-state index in [-0.39, 0.29) is 23.6 Å². The first-order chi connectivity index (χ1) is 14.9. The Hall–Kier alpha value is -2.77. The van der Waals surface area contributed by atoms with E-state index in [1.165, 1.54) is 16.7 Å². The summed E-state index contributed by atoms with van der Waals surface area (Å²) in [5.74, 6) is 0.534. The van der Waals surface area contributed by atoms with Gasteiger partial charge in [0.05, 0.1) is 18.6 Å². The van der Waals surface area contributed by atoms with Gasteiger partial charge in [-0.15, -0.1) is 0 Å². The molecule has 1 heterocycles. The van der Waals surface area contributed by atoms with Gasteiger partial charge in [-0.2, -0.15) is 0 Å². The predicted molar refractivity (Wildman–Crippen MR) is 128 cm³/mol. The van der Waals surface area contributed by atoms with Crippen molar-refractivity contribution in [1.29, 1.82) is 0 Å². The highest BCUT2D eigenvalue weighted by Crippen LogP contribution is 2.30. The number of amides is 2. The Kier molecular flexibility index (Phi) is 7.76. The molecule has 0 aromatic heterocycles. The lowest BCUT2D eigenvalue weighted by Gasteiger charge is -2.18. The fourth-order valence-corrected chi connectivity index (χ4v) is 3.77. The predicted octanol–water partition coefficient (Wildman–Crippen LogP) is 4.74. The summed E-state index contributed by atoms with van der Waals surface area (Å²) in [5, 5.41) is 3.95. The molecule has 1 atom stereocenters. The molecule has 162 valence electrons. The number of halogens is 1. The van der Waals surface area contributed by atoms with E-state index in [0.717, 1.165) is 17.7 Å². The molecule has 0 spiro atoms. The summed E-state index contributed by atoms with van der Waals surface area (Å²) in [6.07, 6.45) is 2.57. The summed E-state index contributed by atoms with van der Waals surface area (Å²) in [5.41, 5.74) is 1.76. The van der Waals surface area contributed by atoms with E-state index >= 15 is 0 Å². The second-order valence-electron chi connectivity index (χ2n) is 6.98. The highest BCUT2D eigenvalue weighted by Gasteiger charge is 2.32. The average Bonchev–Trinajstić information content (AvgIpc) is 3.08. The van der Waals surface area contributed by atoms with Crippen molar-refractivity contribution in [3.63, 3.8) is 0 Å². The van der Waals surface area contributed by atoms with Gasteiger partial charge in [-0.3, -0.25) is 14.5 Å². The van der Waals surface area contributed by atoms with Gasteiger partial charge in [-0.25, -0.2) is 4.99 Å². The third kappa shape index (κ3) is 5.89. The van der Waals surface area contributed by atoms with Crippen molar-refractivity contribution in [2.24, 2.45) is 4.99 Å². The van der Waals surface area contributed by atoms with E-state index < -0.39 is 0 Å². The van der Waals surface area contributed by atoms with Crippen LogP contribution in [0.25, 0.3) is 6.08 Å². The van der Waals surface area contributed by atoms with Crippen LogP contribution in [0.5, 0.6) is 5.75 Å². The Bertz CT molecular complexity index is 1000. The molecule has 2 amide bonds. The average molecular weight is 458 g/mol. The zero-order chi connectivity index (χ0) is 22.4. The van der Waals surface area contributed by atoms with Crippen molar-refractivity contribution in [1.82, 2.24) is 5.32 Å². The summed E-state index contributed by atoms with van der Waals surface area (Å²) < 4.78 is 5.18. The maximum atomic E-state index is 13.2. The highest BCUT2D eigenvalue weighted by molar-refractivity contribution is 8.14. The molecule has 2 aromatic carbocycles. The molecule has 6 nitrogen and oxygen atoms in total. The molecule has 0 unspecified atom stereocenters. The number of rotatable bonds is 7. The van der Waals surface area contributed by atoms with Crippen LogP contribution in [0.2, 0.25) is 5.02 Å². The maximum absolute atomic E-state index is 13.2. The van der Waals surface area contributed by atoms with Gasteiger partial charge in [0.2, 0.25) is 5.91 Å². The zero-order valence-corrected chi connectivity index (χ0v) is 19.2. The number of thioether (sulfide) groups is 1. The third-order valence-corrected chi connectivity index (χ3v) is 5.88. The van der Waals surface area contributed by atoms with Gasteiger partial charge >= 0.3 is 0 Å². The summed E-state index contributed by atoms with van der Waals surface area (Å²) in [6, 6.07) is 14.4. The molecule has 2 aromatic rings. The van der Waals surface area contributed by atoms with Crippen molar-refractivity contribution in [3.8, 4) is 5.75 Å². The lowest BCUT2D eigenvalue weighted by molar-refractivity contribution is -0.119. The van der Waals surface area contributed by atoms with Gasteiger partial charge in [-0.05, 0) is 61.4 Å². The van der Waals surface area contributed by atoms with E-state index in [9.17, 15) is 9.59 Å². The Morgan fingerprint density at radius 3 is 2.52 bits per heavy atom. The Morgan fingerprint density at radius 1 is 1.23 bits per heavy atom. The molecule has 0 aliphatic carbocycles. The van der Waals surface area contributed by atoms with Gasteiger partial charge < -0.3 is 10.1 Å². The van der Waals surface area contributed by atoms with Gasteiger partial charge in [0.25, 0.3) is 5.91 Å². The molecule has 0 saturated heterocycles. The number of aliphatic imine (C=N–C) groups is 1. The molecular formula is C23H24ClN3O3S. The largest absolute Gasteiger partial charge is 0.497 e. The Labute approximate surface area is 191 Å². The lowest BCUT2D eigenvalue weighted by atomic mass is 10.2.